The van der Waals surface area contributed by atoms with Crippen LogP contribution in [-0.2, 0) is 4.79 Å². The van der Waals surface area contributed by atoms with Crippen LogP contribution >= 0.6 is 0 Å². The summed E-state index contributed by atoms with van der Waals surface area (Å²) in [6.07, 6.45) is 8.43. The molecule has 5 heteroatoms. The number of rotatable bonds is 12. The van der Waals surface area contributed by atoms with E-state index in [1.54, 1.807) is 0 Å². The van der Waals surface area contributed by atoms with E-state index in [9.17, 15) is 9.59 Å². The second-order valence-electron chi connectivity index (χ2n) is 5.36. The molecule has 0 bridgehead atoms. The molecule has 0 heterocycles. The molecule has 0 fully saturated rings. The van der Waals surface area contributed by atoms with Crippen LogP contribution in [0, 0.1) is 0 Å². The zero-order valence-electron chi connectivity index (χ0n) is 12.9. The third-order valence-electron chi connectivity index (χ3n) is 3.22. The highest BCUT2D eigenvalue weighted by Crippen LogP contribution is 2.05. The van der Waals surface area contributed by atoms with E-state index in [-0.39, 0.29) is 18.5 Å². The van der Waals surface area contributed by atoms with E-state index in [1.165, 1.54) is 19.3 Å². The fraction of sp³-hybridized carbons (Fsp3) is 0.867. The van der Waals surface area contributed by atoms with E-state index < -0.39 is 5.97 Å². The van der Waals surface area contributed by atoms with Crippen molar-refractivity contribution in [3.8, 4) is 0 Å². The van der Waals surface area contributed by atoms with E-state index in [4.69, 9.17) is 5.11 Å². The molecule has 5 nitrogen and oxygen atoms in total. The van der Waals surface area contributed by atoms with Crippen molar-refractivity contribution < 1.29 is 14.7 Å². The maximum atomic E-state index is 11.6. The predicted octanol–water partition coefficient (Wildman–Crippen LogP) is 3.29. The number of urea groups is 1. The molecule has 0 saturated heterocycles. The summed E-state index contributed by atoms with van der Waals surface area (Å²) in [5.41, 5.74) is 0. The zero-order valence-corrected chi connectivity index (χ0v) is 12.9. The second-order valence-corrected chi connectivity index (χ2v) is 5.36. The SMILES string of the molecule is CCCCCCC(C)NC(=O)NCCCCCC(=O)O. The number of carboxylic acids is 1. The monoisotopic (exact) mass is 286 g/mol. The number of carbonyl (C=O) groups is 2. The Kier molecular flexibility index (Phi) is 12.0. The minimum atomic E-state index is -0.757. The molecule has 20 heavy (non-hydrogen) atoms. The van der Waals surface area contributed by atoms with Crippen molar-refractivity contribution in [3.05, 3.63) is 0 Å². The lowest BCUT2D eigenvalue weighted by Crippen LogP contribution is -2.41. The maximum Gasteiger partial charge on any atom is 0.314 e. The molecule has 0 spiro atoms. The van der Waals surface area contributed by atoms with Crippen LogP contribution in [0.25, 0.3) is 0 Å². The van der Waals surface area contributed by atoms with Gasteiger partial charge in [-0.25, -0.2) is 4.79 Å². The molecule has 0 aliphatic carbocycles. The first kappa shape index (κ1) is 18.7. The van der Waals surface area contributed by atoms with Crippen molar-refractivity contribution in [3.63, 3.8) is 0 Å². The molecule has 1 unspecified atom stereocenters. The number of carbonyl (C=O) groups excluding carboxylic acids is 1. The quantitative estimate of drug-likeness (QED) is 0.482. The highest BCUT2D eigenvalue weighted by molar-refractivity contribution is 5.74. The summed E-state index contributed by atoms with van der Waals surface area (Å²) in [7, 11) is 0. The average Bonchev–Trinajstić information content (AvgIpc) is 2.38. The Morgan fingerprint density at radius 2 is 1.75 bits per heavy atom. The molecule has 0 radical (unpaired) electrons. The molecule has 0 aromatic carbocycles. The zero-order chi connectivity index (χ0) is 15.2. The Morgan fingerprint density at radius 1 is 1.05 bits per heavy atom. The molecular formula is C15H30N2O3. The van der Waals surface area contributed by atoms with Crippen LogP contribution in [0.1, 0.15) is 71.6 Å². The van der Waals surface area contributed by atoms with Gasteiger partial charge in [0, 0.05) is 19.0 Å². The van der Waals surface area contributed by atoms with Crippen LogP contribution in [0.2, 0.25) is 0 Å². The highest BCUT2D eigenvalue weighted by Gasteiger charge is 2.06. The van der Waals surface area contributed by atoms with Crippen molar-refractivity contribution in [2.45, 2.75) is 77.7 Å². The van der Waals surface area contributed by atoms with E-state index in [1.807, 2.05) is 6.92 Å². The summed E-state index contributed by atoms with van der Waals surface area (Å²) in [6.45, 7) is 4.82. The molecule has 0 aromatic heterocycles. The third-order valence-corrected chi connectivity index (χ3v) is 3.22. The topological polar surface area (TPSA) is 78.4 Å². The first-order valence-electron chi connectivity index (χ1n) is 7.82. The van der Waals surface area contributed by atoms with Crippen LogP contribution < -0.4 is 10.6 Å². The fourth-order valence-electron chi connectivity index (χ4n) is 2.00. The first-order valence-corrected chi connectivity index (χ1v) is 7.82. The van der Waals surface area contributed by atoms with Gasteiger partial charge in [-0.1, -0.05) is 39.0 Å². The van der Waals surface area contributed by atoms with Crippen LogP contribution in [0.5, 0.6) is 0 Å². The van der Waals surface area contributed by atoms with Gasteiger partial charge in [-0.05, 0) is 26.2 Å². The summed E-state index contributed by atoms with van der Waals surface area (Å²) in [5, 5.41) is 14.2. The highest BCUT2D eigenvalue weighted by atomic mass is 16.4. The van der Waals surface area contributed by atoms with Crippen molar-refractivity contribution in [2.24, 2.45) is 0 Å². The maximum absolute atomic E-state index is 11.6. The Balaban J connectivity index is 3.41. The van der Waals surface area contributed by atoms with Gasteiger partial charge in [0.2, 0.25) is 0 Å². The molecule has 3 N–H and O–H groups in total. The minimum Gasteiger partial charge on any atom is -0.481 e. The number of nitrogens with one attached hydrogen (secondary N) is 2. The molecule has 0 aliphatic rings. The lowest BCUT2D eigenvalue weighted by molar-refractivity contribution is -0.137. The van der Waals surface area contributed by atoms with Gasteiger partial charge in [-0.3, -0.25) is 4.79 Å². The van der Waals surface area contributed by atoms with Crippen molar-refractivity contribution >= 4 is 12.0 Å². The number of hydrogen-bond acceptors (Lipinski definition) is 2. The third kappa shape index (κ3) is 13.2. The van der Waals surface area contributed by atoms with Crippen molar-refractivity contribution in [1.82, 2.24) is 10.6 Å². The largest absolute Gasteiger partial charge is 0.481 e. The molecule has 0 aliphatic heterocycles. The van der Waals surface area contributed by atoms with Crippen LogP contribution in [0.3, 0.4) is 0 Å². The first-order chi connectivity index (χ1) is 9.56. The van der Waals surface area contributed by atoms with Gasteiger partial charge in [0.25, 0.3) is 0 Å². The molecule has 0 saturated carbocycles. The van der Waals surface area contributed by atoms with Crippen molar-refractivity contribution in [2.75, 3.05) is 6.54 Å². The second kappa shape index (κ2) is 12.8. The summed E-state index contributed by atoms with van der Waals surface area (Å²) < 4.78 is 0. The normalized spacial score (nSPS) is 11.9. The van der Waals surface area contributed by atoms with E-state index in [2.05, 4.69) is 17.6 Å². The fourth-order valence-corrected chi connectivity index (χ4v) is 2.00. The summed E-state index contributed by atoms with van der Waals surface area (Å²) >= 11 is 0. The summed E-state index contributed by atoms with van der Waals surface area (Å²) in [6, 6.07) is 0.0880. The van der Waals surface area contributed by atoms with Crippen molar-refractivity contribution in [1.29, 1.82) is 0 Å². The molecular weight excluding hydrogens is 256 g/mol. The average molecular weight is 286 g/mol. The number of hydrogen-bond donors (Lipinski definition) is 3. The minimum absolute atomic E-state index is 0.119. The smallest absolute Gasteiger partial charge is 0.314 e. The summed E-state index contributed by atoms with van der Waals surface area (Å²) in [4.78, 5) is 21.9. The van der Waals surface area contributed by atoms with Crippen LogP contribution in [-0.4, -0.2) is 29.7 Å². The molecule has 1 atom stereocenters. The number of carboxylic acid groups (broad SMARTS) is 1. The Morgan fingerprint density at radius 3 is 2.40 bits per heavy atom. The van der Waals surface area contributed by atoms with Gasteiger partial charge >= 0.3 is 12.0 Å². The predicted molar refractivity (Wildman–Crippen MR) is 80.9 cm³/mol. The number of amides is 2. The number of aliphatic carboxylic acids is 1. The van der Waals surface area contributed by atoms with Gasteiger partial charge in [0.05, 0.1) is 0 Å². The van der Waals surface area contributed by atoms with E-state index >= 15 is 0 Å². The van der Waals surface area contributed by atoms with Crippen LogP contribution in [0.4, 0.5) is 4.79 Å². The lowest BCUT2D eigenvalue weighted by Gasteiger charge is -2.14. The van der Waals surface area contributed by atoms with E-state index in [0.29, 0.717) is 13.0 Å². The Labute approximate surface area is 122 Å². The molecule has 2 amide bonds. The number of unbranched alkanes of at least 4 members (excludes halogenated alkanes) is 5. The molecule has 118 valence electrons. The summed E-state index contributed by atoms with van der Waals surface area (Å²) in [5.74, 6) is -0.757. The van der Waals surface area contributed by atoms with Gasteiger partial charge < -0.3 is 15.7 Å². The Bertz CT molecular complexity index is 270. The van der Waals surface area contributed by atoms with Crippen LogP contribution in [0.15, 0.2) is 0 Å². The standard InChI is InChI=1S/C15H30N2O3/c1-3-4-5-7-10-13(2)17-15(20)16-12-9-6-8-11-14(18)19/h13H,3-12H2,1-2H3,(H,18,19)(H2,16,17,20). The molecule has 0 rings (SSSR count). The Hall–Kier alpha value is -1.26. The van der Waals surface area contributed by atoms with Gasteiger partial charge in [-0.2, -0.15) is 0 Å². The van der Waals surface area contributed by atoms with Gasteiger partial charge in [-0.15, -0.1) is 0 Å². The van der Waals surface area contributed by atoms with Gasteiger partial charge in [0.1, 0.15) is 0 Å². The van der Waals surface area contributed by atoms with Gasteiger partial charge in [0.15, 0.2) is 0 Å². The lowest BCUT2D eigenvalue weighted by atomic mass is 10.1. The van der Waals surface area contributed by atoms with E-state index in [0.717, 1.165) is 25.7 Å². The molecule has 0 aromatic rings.